The van der Waals surface area contributed by atoms with Crippen molar-refractivity contribution in [2.45, 2.75) is 58.5 Å². The first kappa shape index (κ1) is 13.6. The van der Waals surface area contributed by atoms with Gasteiger partial charge in [-0.25, -0.2) is 4.98 Å². The van der Waals surface area contributed by atoms with Crippen LogP contribution in [0.4, 0.5) is 0 Å². The van der Waals surface area contributed by atoms with E-state index < -0.39 is 0 Å². The van der Waals surface area contributed by atoms with E-state index in [-0.39, 0.29) is 0 Å². The topological polar surface area (TPSA) is 29.9 Å². The van der Waals surface area contributed by atoms with Crippen molar-refractivity contribution in [3.05, 3.63) is 18.2 Å². The summed E-state index contributed by atoms with van der Waals surface area (Å²) in [6.45, 7) is 5.71. The molecule has 1 aliphatic carbocycles. The number of hydrogen-bond donors (Lipinski definition) is 1. The van der Waals surface area contributed by atoms with Crippen LogP contribution in [0.15, 0.2) is 12.4 Å². The molecule has 1 saturated carbocycles. The second-order valence-electron chi connectivity index (χ2n) is 5.71. The monoisotopic (exact) mass is 249 g/mol. The minimum atomic E-state index is 0.584. The molecule has 0 aliphatic heterocycles. The Kier molecular flexibility index (Phi) is 4.81. The molecular weight excluding hydrogens is 222 g/mol. The minimum Gasteiger partial charge on any atom is -0.335 e. The number of rotatable bonds is 6. The highest BCUT2D eigenvalue weighted by Crippen LogP contribution is 2.34. The van der Waals surface area contributed by atoms with Gasteiger partial charge in [0.05, 0.1) is 0 Å². The van der Waals surface area contributed by atoms with E-state index in [0.29, 0.717) is 6.04 Å². The molecule has 0 aromatic carbocycles. The molecule has 0 bridgehead atoms. The van der Waals surface area contributed by atoms with Gasteiger partial charge >= 0.3 is 0 Å². The van der Waals surface area contributed by atoms with Gasteiger partial charge in [0.2, 0.25) is 0 Å². The first-order valence-corrected chi connectivity index (χ1v) is 7.43. The van der Waals surface area contributed by atoms with Gasteiger partial charge in [-0.05, 0) is 31.7 Å². The molecule has 18 heavy (non-hydrogen) atoms. The lowest BCUT2D eigenvalue weighted by atomic mass is 9.88. The molecule has 1 heterocycles. The van der Waals surface area contributed by atoms with Crippen molar-refractivity contribution in [1.82, 2.24) is 14.9 Å². The molecule has 1 N–H and O–H groups in total. The number of likely N-dealkylation sites (N-methyl/N-ethyl adjacent to an activating group) is 1. The van der Waals surface area contributed by atoms with Crippen LogP contribution >= 0.6 is 0 Å². The fourth-order valence-electron chi connectivity index (χ4n) is 3.41. The summed E-state index contributed by atoms with van der Waals surface area (Å²) >= 11 is 0. The molecular formula is C15H27N3. The summed E-state index contributed by atoms with van der Waals surface area (Å²) in [5, 5.41) is 3.53. The number of aromatic nitrogens is 2. The molecule has 3 unspecified atom stereocenters. The van der Waals surface area contributed by atoms with E-state index >= 15 is 0 Å². The normalized spacial score (nSPS) is 25.5. The van der Waals surface area contributed by atoms with E-state index in [0.717, 1.165) is 24.8 Å². The van der Waals surface area contributed by atoms with Crippen LogP contribution in [-0.2, 0) is 13.0 Å². The summed E-state index contributed by atoms with van der Waals surface area (Å²) < 4.78 is 2.31. The zero-order chi connectivity index (χ0) is 13.0. The predicted octanol–water partition coefficient (Wildman–Crippen LogP) is 2.86. The van der Waals surface area contributed by atoms with Crippen LogP contribution < -0.4 is 5.32 Å². The summed E-state index contributed by atoms with van der Waals surface area (Å²) in [6.07, 6.45) is 10.5. The molecule has 2 rings (SSSR count). The van der Waals surface area contributed by atoms with Crippen LogP contribution in [0.1, 0.15) is 45.4 Å². The highest BCUT2D eigenvalue weighted by Gasteiger charge is 2.30. The number of nitrogens with zero attached hydrogens (tertiary/aromatic N) is 2. The lowest BCUT2D eigenvalue weighted by molar-refractivity contribution is 0.302. The van der Waals surface area contributed by atoms with Crippen molar-refractivity contribution in [3.63, 3.8) is 0 Å². The maximum Gasteiger partial charge on any atom is 0.110 e. The maximum atomic E-state index is 4.54. The van der Waals surface area contributed by atoms with Gasteiger partial charge in [-0.1, -0.05) is 26.7 Å². The lowest BCUT2D eigenvalue weighted by Gasteiger charge is -2.26. The van der Waals surface area contributed by atoms with Crippen molar-refractivity contribution in [2.24, 2.45) is 11.8 Å². The van der Waals surface area contributed by atoms with Crippen molar-refractivity contribution in [1.29, 1.82) is 0 Å². The largest absolute Gasteiger partial charge is 0.335 e. The van der Waals surface area contributed by atoms with Gasteiger partial charge in [0.1, 0.15) is 5.82 Å². The van der Waals surface area contributed by atoms with Gasteiger partial charge in [0.25, 0.3) is 0 Å². The van der Waals surface area contributed by atoms with Crippen LogP contribution in [0.3, 0.4) is 0 Å². The smallest absolute Gasteiger partial charge is 0.110 e. The molecule has 0 amide bonds. The van der Waals surface area contributed by atoms with E-state index in [1.54, 1.807) is 0 Å². The summed E-state index contributed by atoms with van der Waals surface area (Å²) in [4.78, 5) is 4.54. The molecule has 1 aromatic heterocycles. The minimum absolute atomic E-state index is 0.584. The van der Waals surface area contributed by atoms with Gasteiger partial charge in [-0.15, -0.1) is 0 Å². The standard InChI is InChI=1S/C15H27N3/c1-4-9-18-10-8-17-15(18)11-14(16-3)13-7-5-6-12(13)2/h8,10,12-14,16H,4-7,9,11H2,1-3H3. The van der Waals surface area contributed by atoms with E-state index in [9.17, 15) is 0 Å². The summed E-state index contributed by atoms with van der Waals surface area (Å²) in [6, 6.07) is 0.584. The van der Waals surface area contributed by atoms with Gasteiger partial charge in [-0.3, -0.25) is 0 Å². The van der Waals surface area contributed by atoms with E-state index in [2.05, 4.69) is 42.0 Å². The van der Waals surface area contributed by atoms with Gasteiger partial charge in [-0.2, -0.15) is 0 Å². The number of aryl methyl sites for hydroxylation is 1. The molecule has 0 radical (unpaired) electrons. The zero-order valence-corrected chi connectivity index (χ0v) is 12.0. The molecule has 1 aromatic rings. The number of hydrogen-bond acceptors (Lipinski definition) is 2. The Morgan fingerprint density at radius 1 is 1.50 bits per heavy atom. The SMILES string of the molecule is CCCn1ccnc1CC(NC)C1CCCC1C. The molecule has 3 nitrogen and oxygen atoms in total. The molecule has 1 aliphatic rings. The Balaban J connectivity index is 2.03. The fourth-order valence-corrected chi connectivity index (χ4v) is 3.41. The van der Waals surface area contributed by atoms with Gasteiger partial charge < -0.3 is 9.88 Å². The van der Waals surface area contributed by atoms with Gasteiger partial charge in [0.15, 0.2) is 0 Å². The fraction of sp³-hybridized carbons (Fsp3) is 0.800. The molecule has 102 valence electrons. The third kappa shape index (κ3) is 2.94. The van der Waals surface area contributed by atoms with Crippen molar-refractivity contribution in [2.75, 3.05) is 7.05 Å². The molecule has 0 saturated heterocycles. The Hall–Kier alpha value is -0.830. The van der Waals surface area contributed by atoms with Gasteiger partial charge in [0, 0.05) is 31.4 Å². The Morgan fingerprint density at radius 3 is 2.94 bits per heavy atom. The van der Waals surface area contributed by atoms with Crippen molar-refractivity contribution < 1.29 is 0 Å². The number of nitrogens with one attached hydrogen (secondary N) is 1. The Bertz CT molecular complexity index is 358. The average molecular weight is 249 g/mol. The van der Waals surface area contributed by atoms with Crippen LogP contribution in [0.2, 0.25) is 0 Å². The third-order valence-corrected chi connectivity index (χ3v) is 4.48. The highest BCUT2D eigenvalue weighted by molar-refractivity contribution is 4.98. The van der Waals surface area contributed by atoms with E-state index in [4.69, 9.17) is 0 Å². The van der Waals surface area contributed by atoms with Crippen LogP contribution in [0.5, 0.6) is 0 Å². The molecule has 3 heteroatoms. The van der Waals surface area contributed by atoms with Crippen molar-refractivity contribution >= 4 is 0 Å². The van der Waals surface area contributed by atoms with Crippen LogP contribution in [0, 0.1) is 11.8 Å². The number of imidazole rings is 1. The van der Waals surface area contributed by atoms with Crippen LogP contribution in [-0.4, -0.2) is 22.6 Å². The maximum absolute atomic E-state index is 4.54. The molecule has 0 spiro atoms. The second kappa shape index (κ2) is 6.37. The molecule has 3 atom stereocenters. The predicted molar refractivity (Wildman–Crippen MR) is 75.6 cm³/mol. The summed E-state index contributed by atoms with van der Waals surface area (Å²) in [5.41, 5.74) is 0. The Labute approximate surface area is 111 Å². The van der Waals surface area contributed by atoms with E-state index in [1.165, 1.54) is 31.5 Å². The molecule has 1 fully saturated rings. The third-order valence-electron chi connectivity index (χ3n) is 4.48. The first-order valence-electron chi connectivity index (χ1n) is 7.43. The zero-order valence-electron chi connectivity index (χ0n) is 12.0. The quantitative estimate of drug-likeness (QED) is 0.840. The first-order chi connectivity index (χ1) is 8.76. The van der Waals surface area contributed by atoms with Crippen molar-refractivity contribution in [3.8, 4) is 0 Å². The summed E-state index contributed by atoms with van der Waals surface area (Å²) in [5.74, 6) is 2.93. The lowest BCUT2D eigenvalue weighted by Crippen LogP contribution is -2.37. The average Bonchev–Trinajstić information content (AvgIpc) is 2.96. The van der Waals surface area contributed by atoms with Crippen LogP contribution in [0.25, 0.3) is 0 Å². The highest BCUT2D eigenvalue weighted by atomic mass is 15.1. The summed E-state index contributed by atoms with van der Waals surface area (Å²) in [7, 11) is 2.10. The Morgan fingerprint density at radius 2 is 2.33 bits per heavy atom. The second-order valence-corrected chi connectivity index (χ2v) is 5.71. The van der Waals surface area contributed by atoms with E-state index in [1.807, 2.05) is 6.20 Å².